The predicted octanol–water partition coefficient (Wildman–Crippen LogP) is 6.04. The molecule has 5 rings (SSSR count). The van der Waals surface area contributed by atoms with E-state index >= 15 is 0 Å². The quantitative estimate of drug-likeness (QED) is 0.318. The number of ether oxygens (including phenoxy) is 1. The first kappa shape index (κ1) is 22.4. The fourth-order valence-corrected chi connectivity index (χ4v) is 4.02. The molecule has 1 saturated heterocycles. The fourth-order valence-electron chi connectivity index (χ4n) is 4.02. The first-order valence-electron chi connectivity index (χ1n) is 11.5. The molecule has 1 aliphatic heterocycles. The SMILES string of the molecule is O=C(Nc1cccc(N2CCCCC2)c1)Nc1cc(Oc2cccc(-c3cn[nH]c3)n2)ccc1F. The molecule has 0 bridgehead atoms. The lowest BCUT2D eigenvalue weighted by Crippen LogP contribution is -2.29. The van der Waals surface area contributed by atoms with E-state index in [4.69, 9.17) is 4.74 Å². The summed E-state index contributed by atoms with van der Waals surface area (Å²) >= 11 is 0. The van der Waals surface area contributed by atoms with Gasteiger partial charge in [0, 0.05) is 48.4 Å². The van der Waals surface area contributed by atoms with Gasteiger partial charge >= 0.3 is 6.03 Å². The van der Waals surface area contributed by atoms with Crippen molar-refractivity contribution in [3.05, 3.63) is 78.9 Å². The molecule has 9 heteroatoms. The highest BCUT2D eigenvalue weighted by atomic mass is 19.1. The third kappa shape index (κ3) is 5.57. The Kier molecular flexibility index (Phi) is 6.56. The minimum atomic E-state index is -0.574. The Morgan fingerprint density at radius 3 is 2.69 bits per heavy atom. The summed E-state index contributed by atoms with van der Waals surface area (Å²) in [6.45, 7) is 2.01. The highest BCUT2D eigenvalue weighted by molar-refractivity contribution is 6.00. The van der Waals surface area contributed by atoms with Crippen LogP contribution in [0.15, 0.2) is 73.1 Å². The number of anilines is 3. The molecule has 2 aromatic carbocycles. The van der Waals surface area contributed by atoms with Crippen LogP contribution in [0.25, 0.3) is 11.3 Å². The molecular weight excluding hydrogens is 447 g/mol. The van der Waals surface area contributed by atoms with Crippen molar-refractivity contribution >= 4 is 23.1 Å². The number of aromatic nitrogens is 3. The maximum absolute atomic E-state index is 14.4. The largest absolute Gasteiger partial charge is 0.439 e. The van der Waals surface area contributed by atoms with Crippen molar-refractivity contribution in [1.82, 2.24) is 15.2 Å². The van der Waals surface area contributed by atoms with E-state index in [9.17, 15) is 9.18 Å². The lowest BCUT2D eigenvalue weighted by Gasteiger charge is -2.29. The molecule has 0 aliphatic carbocycles. The number of hydrogen-bond acceptors (Lipinski definition) is 5. The summed E-state index contributed by atoms with van der Waals surface area (Å²) in [7, 11) is 0. The number of rotatable bonds is 6. The normalized spacial score (nSPS) is 13.3. The Labute approximate surface area is 202 Å². The number of hydrogen-bond donors (Lipinski definition) is 3. The standard InChI is InChI=1S/C26H25FN6O2/c27-22-11-10-21(35-25-9-5-8-23(31-25)18-16-28-29-17-18)15-24(22)32-26(34)30-19-6-4-7-20(14-19)33-12-2-1-3-13-33/h4-11,14-17H,1-3,12-13H2,(H,28,29)(H2,30,32,34). The zero-order valence-corrected chi connectivity index (χ0v) is 19.0. The van der Waals surface area contributed by atoms with Crippen LogP contribution in [0.1, 0.15) is 19.3 Å². The Balaban J connectivity index is 1.26. The van der Waals surface area contributed by atoms with Crippen molar-refractivity contribution in [1.29, 1.82) is 0 Å². The average Bonchev–Trinajstić information content (AvgIpc) is 3.42. The number of H-pyrrole nitrogens is 1. The summed E-state index contributed by atoms with van der Waals surface area (Å²) in [5.74, 6) is 0.0977. The Bertz CT molecular complexity index is 1300. The van der Waals surface area contributed by atoms with Crippen LogP contribution >= 0.6 is 0 Å². The average molecular weight is 473 g/mol. The molecule has 0 spiro atoms. The second kappa shape index (κ2) is 10.3. The van der Waals surface area contributed by atoms with E-state index in [1.54, 1.807) is 24.5 Å². The van der Waals surface area contributed by atoms with Gasteiger partial charge in [-0.3, -0.25) is 5.10 Å². The highest BCUT2D eigenvalue weighted by Crippen LogP contribution is 2.28. The van der Waals surface area contributed by atoms with Gasteiger partial charge in [-0.15, -0.1) is 0 Å². The lowest BCUT2D eigenvalue weighted by molar-refractivity contribution is 0.262. The molecule has 178 valence electrons. The summed E-state index contributed by atoms with van der Waals surface area (Å²) in [5.41, 5.74) is 3.20. The number of carbonyl (C=O) groups excluding carboxylic acids is 1. The van der Waals surface area contributed by atoms with E-state index in [0.29, 0.717) is 23.0 Å². The summed E-state index contributed by atoms with van der Waals surface area (Å²) in [4.78, 5) is 19.4. The molecule has 35 heavy (non-hydrogen) atoms. The maximum atomic E-state index is 14.4. The number of nitrogens with zero attached hydrogens (tertiary/aromatic N) is 3. The van der Waals surface area contributed by atoms with Crippen LogP contribution in [0.4, 0.5) is 26.2 Å². The number of halogens is 1. The highest BCUT2D eigenvalue weighted by Gasteiger charge is 2.13. The second-order valence-corrected chi connectivity index (χ2v) is 8.27. The molecule has 0 unspecified atom stereocenters. The number of amides is 2. The number of pyridine rings is 1. The summed E-state index contributed by atoms with van der Waals surface area (Å²) in [5, 5.41) is 12.0. The van der Waals surface area contributed by atoms with Gasteiger partial charge in [0.05, 0.1) is 17.6 Å². The van der Waals surface area contributed by atoms with Crippen LogP contribution in [-0.2, 0) is 0 Å². The van der Waals surface area contributed by atoms with E-state index < -0.39 is 11.8 Å². The number of nitrogens with one attached hydrogen (secondary N) is 3. The van der Waals surface area contributed by atoms with E-state index in [-0.39, 0.29) is 5.69 Å². The zero-order valence-electron chi connectivity index (χ0n) is 19.0. The van der Waals surface area contributed by atoms with Crippen molar-refractivity contribution in [2.75, 3.05) is 28.6 Å². The molecule has 3 heterocycles. The molecule has 3 N–H and O–H groups in total. The van der Waals surface area contributed by atoms with Crippen LogP contribution in [0, 0.1) is 5.82 Å². The monoisotopic (exact) mass is 472 g/mol. The molecule has 2 amide bonds. The van der Waals surface area contributed by atoms with Gasteiger partial charge in [0.1, 0.15) is 11.6 Å². The van der Waals surface area contributed by atoms with Crippen LogP contribution < -0.4 is 20.3 Å². The fraction of sp³-hybridized carbons (Fsp3) is 0.192. The maximum Gasteiger partial charge on any atom is 0.323 e. The van der Waals surface area contributed by atoms with Crippen molar-refractivity contribution < 1.29 is 13.9 Å². The molecule has 2 aromatic heterocycles. The third-order valence-electron chi connectivity index (χ3n) is 5.75. The van der Waals surface area contributed by atoms with Crippen molar-refractivity contribution in [3.8, 4) is 22.9 Å². The predicted molar refractivity (Wildman–Crippen MR) is 133 cm³/mol. The van der Waals surface area contributed by atoms with Crippen LogP contribution in [-0.4, -0.2) is 34.3 Å². The lowest BCUT2D eigenvalue weighted by atomic mass is 10.1. The van der Waals surface area contributed by atoms with E-state index in [0.717, 1.165) is 24.3 Å². The molecule has 1 fully saturated rings. The van der Waals surface area contributed by atoms with Crippen LogP contribution in [0.5, 0.6) is 11.6 Å². The molecule has 0 saturated carbocycles. The molecular formula is C26H25FN6O2. The van der Waals surface area contributed by atoms with Gasteiger partial charge in [0.2, 0.25) is 5.88 Å². The first-order chi connectivity index (χ1) is 17.1. The Hall–Kier alpha value is -4.40. The van der Waals surface area contributed by atoms with Crippen molar-refractivity contribution in [2.24, 2.45) is 0 Å². The van der Waals surface area contributed by atoms with E-state index in [2.05, 4.69) is 30.7 Å². The molecule has 0 radical (unpaired) electrons. The molecule has 4 aromatic rings. The number of benzene rings is 2. The summed E-state index contributed by atoms with van der Waals surface area (Å²) < 4.78 is 20.2. The van der Waals surface area contributed by atoms with Gasteiger partial charge in [-0.05, 0) is 55.7 Å². The number of carbonyl (C=O) groups is 1. The molecule has 1 aliphatic rings. The van der Waals surface area contributed by atoms with Gasteiger partial charge < -0.3 is 20.3 Å². The number of urea groups is 1. The molecule has 0 atom stereocenters. The third-order valence-corrected chi connectivity index (χ3v) is 5.75. The van der Waals surface area contributed by atoms with Gasteiger partial charge in [0.15, 0.2) is 0 Å². The van der Waals surface area contributed by atoms with E-state index in [1.165, 1.54) is 37.5 Å². The number of piperidine rings is 1. The van der Waals surface area contributed by atoms with Gasteiger partial charge in [-0.25, -0.2) is 14.2 Å². The summed E-state index contributed by atoms with van der Waals surface area (Å²) in [6.07, 6.45) is 6.97. The van der Waals surface area contributed by atoms with Crippen molar-refractivity contribution in [2.45, 2.75) is 19.3 Å². The Morgan fingerprint density at radius 1 is 1.00 bits per heavy atom. The summed E-state index contributed by atoms with van der Waals surface area (Å²) in [6, 6.07) is 16.6. The number of aromatic amines is 1. The van der Waals surface area contributed by atoms with Crippen molar-refractivity contribution in [3.63, 3.8) is 0 Å². The topological polar surface area (TPSA) is 95.2 Å². The molecule has 8 nitrogen and oxygen atoms in total. The van der Waals surface area contributed by atoms with Gasteiger partial charge in [0.25, 0.3) is 0 Å². The zero-order chi connectivity index (χ0) is 24.0. The minimum Gasteiger partial charge on any atom is -0.439 e. The van der Waals surface area contributed by atoms with E-state index in [1.807, 2.05) is 30.3 Å². The Morgan fingerprint density at radius 2 is 1.86 bits per heavy atom. The minimum absolute atomic E-state index is 0.00169. The van der Waals surface area contributed by atoms with Crippen LogP contribution in [0.3, 0.4) is 0 Å². The van der Waals surface area contributed by atoms with Crippen LogP contribution in [0.2, 0.25) is 0 Å². The first-order valence-corrected chi connectivity index (χ1v) is 11.5. The van der Waals surface area contributed by atoms with Gasteiger partial charge in [-0.2, -0.15) is 5.10 Å². The smallest absolute Gasteiger partial charge is 0.323 e. The van der Waals surface area contributed by atoms with Gasteiger partial charge in [-0.1, -0.05) is 12.1 Å². The second-order valence-electron chi connectivity index (χ2n) is 8.27.